The molecule has 3 saturated carbocycles. The summed E-state index contributed by atoms with van der Waals surface area (Å²) >= 11 is 0. The lowest BCUT2D eigenvalue weighted by atomic mass is 9.44. The Bertz CT molecular complexity index is 518. The van der Waals surface area contributed by atoms with E-state index in [1.54, 1.807) is 6.08 Å². The molecular formula is C17H22O3. The molecule has 4 aliphatic carbocycles. The van der Waals surface area contributed by atoms with Crippen molar-refractivity contribution >= 4 is 11.8 Å². The van der Waals surface area contributed by atoms with Crippen molar-refractivity contribution in [2.75, 3.05) is 0 Å². The highest BCUT2D eigenvalue weighted by molar-refractivity contribution is 5.96. The predicted molar refractivity (Wildman–Crippen MR) is 76.1 cm³/mol. The minimum absolute atomic E-state index is 0.0625. The largest absolute Gasteiger partial charge is 0.481 e. The van der Waals surface area contributed by atoms with Crippen molar-refractivity contribution in [3.05, 3.63) is 24.3 Å². The first-order chi connectivity index (χ1) is 9.37. The van der Waals surface area contributed by atoms with Crippen molar-refractivity contribution in [1.82, 2.24) is 0 Å². The monoisotopic (exact) mass is 274 g/mol. The molecule has 0 aromatic heterocycles. The van der Waals surface area contributed by atoms with E-state index in [9.17, 15) is 9.59 Å². The lowest BCUT2D eigenvalue weighted by Gasteiger charge is -2.59. The molecule has 0 aromatic carbocycles. The first-order valence-electron chi connectivity index (χ1n) is 7.50. The van der Waals surface area contributed by atoms with Gasteiger partial charge in [0.1, 0.15) is 0 Å². The van der Waals surface area contributed by atoms with Gasteiger partial charge in [0.2, 0.25) is 0 Å². The van der Waals surface area contributed by atoms with Crippen LogP contribution in [0.4, 0.5) is 0 Å². The minimum Gasteiger partial charge on any atom is -0.481 e. The van der Waals surface area contributed by atoms with Crippen molar-refractivity contribution in [3.8, 4) is 0 Å². The lowest BCUT2D eigenvalue weighted by molar-refractivity contribution is -0.141. The summed E-state index contributed by atoms with van der Waals surface area (Å²) in [6.45, 7) is 6.19. The SMILES string of the molecule is C=C1C[C@@]23C=CC(=O)[C@@](C)(CCC(=O)O)[C@@H]2C[C@@H]1CC3. The molecule has 1 N–H and O–H groups in total. The zero-order chi connectivity index (χ0) is 14.5. The van der Waals surface area contributed by atoms with Crippen molar-refractivity contribution < 1.29 is 14.7 Å². The predicted octanol–water partition coefficient (Wildman–Crippen LogP) is 3.36. The van der Waals surface area contributed by atoms with Crippen LogP contribution in [0.3, 0.4) is 0 Å². The van der Waals surface area contributed by atoms with E-state index < -0.39 is 11.4 Å². The summed E-state index contributed by atoms with van der Waals surface area (Å²) < 4.78 is 0. The van der Waals surface area contributed by atoms with Gasteiger partial charge in [-0.25, -0.2) is 0 Å². The Morgan fingerprint density at radius 3 is 2.95 bits per heavy atom. The first kappa shape index (κ1) is 13.6. The molecule has 0 amide bonds. The van der Waals surface area contributed by atoms with E-state index in [2.05, 4.69) is 12.7 Å². The molecule has 4 atom stereocenters. The molecule has 3 heteroatoms. The van der Waals surface area contributed by atoms with Gasteiger partial charge in [-0.3, -0.25) is 9.59 Å². The Labute approximate surface area is 119 Å². The molecular weight excluding hydrogens is 252 g/mol. The van der Waals surface area contributed by atoms with Gasteiger partial charge in [0.05, 0.1) is 0 Å². The van der Waals surface area contributed by atoms with Crippen LogP contribution in [0.2, 0.25) is 0 Å². The number of carboxylic acids is 1. The number of hydrogen-bond donors (Lipinski definition) is 1. The van der Waals surface area contributed by atoms with Gasteiger partial charge in [-0.15, -0.1) is 0 Å². The van der Waals surface area contributed by atoms with Gasteiger partial charge in [0, 0.05) is 11.8 Å². The number of carbonyl (C=O) groups is 2. The second-order valence-electron chi connectivity index (χ2n) is 7.10. The molecule has 0 unspecified atom stereocenters. The Balaban J connectivity index is 1.96. The highest BCUT2D eigenvalue weighted by atomic mass is 16.4. The number of fused-ring (bicyclic) bond motifs is 2. The number of carboxylic acid groups (broad SMARTS) is 1. The minimum atomic E-state index is -0.812. The van der Waals surface area contributed by atoms with Gasteiger partial charge >= 0.3 is 5.97 Å². The standard InChI is InChI=1S/C17H22O3/c1-11-10-17-7-3-12(11)9-13(17)16(2,6-5-15(19)20)14(18)4-8-17/h4,8,12-13H,1,3,5-7,9-10H2,2H3,(H,19,20)/t12-,13-,16-,17+/m0/s1. The van der Waals surface area contributed by atoms with Gasteiger partial charge in [-0.2, -0.15) is 0 Å². The fourth-order valence-electron chi connectivity index (χ4n) is 4.82. The summed E-state index contributed by atoms with van der Waals surface area (Å²) in [4.78, 5) is 23.4. The number of hydrogen-bond acceptors (Lipinski definition) is 2. The lowest BCUT2D eigenvalue weighted by Crippen LogP contribution is -2.54. The summed E-state index contributed by atoms with van der Waals surface area (Å²) in [5, 5.41) is 8.97. The average molecular weight is 274 g/mol. The molecule has 0 aliphatic heterocycles. The molecule has 3 fully saturated rings. The van der Waals surface area contributed by atoms with Crippen LogP contribution in [0.5, 0.6) is 0 Å². The van der Waals surface area contributed by atoms with E-state index in [1.807, 2.05) is 6.92 Å². The number of allylic oxidation sites excluding steroid dienone is 3. The molecule has 2 bridgehead atoms. The average Bonchev–Trinajstić information content (AvgIpc) is 2.41. The normalized spacial score (nSPS) is 42.6. The summed E-state index contributed by atoms with van der Waals surface area (Å²) in [7, 11) is 0. The van der Waals surface area contributed by atoms with Gasteiger partial charge < -0.3 is 5.11 Å². The molecule has 4 rings (SSSR count). The second-order valence-corrected chi connectivity index (χ2v) is 7.10. The van der Waals surface area contributed by atoms with Crippen LogP contribution in [-0.4, -0.2) is 16.9 Å². The van der Waals surface area contributed by atoms with E-state index in [-0.39, 0.29) is 23.5 Å². The van der Waals surface area contributed by atoms with Crippen molar-refractivity contribution in [2.45, 2.75) is 45.4 Å². The third-order valence-electron chi connectivity index (χ3n) is 6.06. The second kappa shape index (κ2) is 4.31. The van der Waals surface area contributed by atoms with Crippen LogP contribution in [-0.2, 0) is 9.59 Å². The first-order valence-corrected chi connectivity index (χ1v) is 7.50. The van der Waals surface area contributed by atoms with Gasteiger partial charge in [-0.1, -0.05) is 25.2 Å². The quantitative estimate of drug-likeness (QED) is 0.803. The summed E-state index contributed by atoms with van der Waals surface area (Å²) in [6, 6.07) is 0. The van der Waals surface area contributed by atoms with Crippen LogP contribution >= 0.6 is 0 Å². The number of aliphatic carboxylic acids is 1. The Kier molecular flexibility index (Phi) is 2.93. The third-order valence-corrected chi connectivity index (χ3v) is 6.06. The van der Waals surface area contributed by atoms with E-state index in [0.717, 1.165) is 19.3 Å². The van der Waals surface area contributed by atoms with Crippen LogP contribution in [0.15, 0.2) is 24.3 Å². The summed E-state index contributed by atoms with van der Waals surface area (Å²) in [5.74, 6) is 0.127. The van der Waals surface area contributed by atoms with Gasteiger partial charge in [0.15, 0.2) is 5.78 Å². The maximum absolute atomic E-state index is 12.4. The Morgan fingerprint density at radius 2 is 2.30 bits per heavy atom. The molecule has 3 nitrogen and oxygen atoms in total. The highest BCUT2D eigenvalue weighted by Gasteiger charge is 2.58. The maximum Gasteiger partial charge on any atom is 0.303 e. The van der Waals surface area contributed by atoms with Crippen LogP contribution < -0.4 is 0 Å². The molecule has 108 valence electrons. The Hall–Kier alpha value is -1.38. The number of rotatable bonds is 3. The highest BCUT2D eigenvalue weighted by Crippen LogP contribution is 2.64. The van der Waals surface area contributed by atoms with E-state index in [0.29, 0.717) is 12.3 Å². The molecule has 4 aliphatic rings. The smallest absolute Gasteiger partial charge is 0.303 e. The topological polar surface area (TPSA) is 54.4 Å². The fraction of sp³-hybridized carbons (Fsp3) is 0.647. The fourth-order valence-corrected chi connectivity index (χ4v) is 4.82. The van der Waals surface area contributed by atoms with E-state index in [4.69, 9.17) is 5.11 Å². The number of ketones is 1. The molecule has 1 spiro atoms. The molecule has 0 heterocycles. The van der Waals surface area contributed by atoms with Crippen molar-refractivity contribution in [2.24, 2.45) is 22.7 Å². The third kappa shape index (κ3) is 1.79. The van der Waals surface area contributed by atoms with Crippen molar-refractivity contribution in [1.29, 1.82) is 0 Å². The molecule has 0 radical (unpaired) electrons. The summed E-state index contributed by atoms with van der Waals surface area (Å²) in [5.41, 5.74) is 0.881. The van der Waals surface area contributed by atoms with Crippen LogP contribution in [0.1, 0.15) is 45.4 Å². The van der Waals surface area contributed by atoms with Gasteiger partial charge in [-0.05, 0) is 55.4 Å². The maximum atomic E-state index is 12.4. The van der Waals surface area contributed by atoms with Crippen LogP contribution in [0.25, 0.3) is 0 Å². The van der Waals surface area contributed by atoms with Crippen LogP contribution in [0, 0.1) is 22.7 Å². The molecule has 0 aromatic rings. The van der Waals surface area contributed by atoms with Gasteiger partial charge in [0.25, 0.3) is 0 Å². The van der Waals surface area contributed by atoms with E-state index in [1.165, 1.54) is 12.0 Å². The molecule has 0 saturated heterocycles. The van der Waals surface area contributed by atoms with Crippen molar-refractivity contribution in [3.63, 3.8) is 0 Å². The summed E-state index contributed by atoms with van der Waals surface area (Å²) in [6.07, 6.45) is 8.64. The van der Waals surface area contributed by atoms with E-state index >= 15 is 0 Å². The number of carbonyl (C=O) groups excluding carboxylic acids is 1. The zero-order valence-corrected chi connectivity index (χ0v) is 12.0. The Morgan fingerprint density at radius 1 is 1.55 bits per heavy atom. The molecule has 20 heavy (non-hydrogen) atoms. The zero-order valence-electron chi connectivity index (χ0n) is 12.0.